The lowest BCUT2D eigenvalue weighted by atomic mass is 9.80. The fourth-order valence-electron chi connectivity index (χ4n) is 4.89. The highest BCUT2D eigenvalue weighted by molar-refractivity contribution is 9.10. The minimum Gasteiger partial charge on any atom is -0.355 e. The van der Waals surface area contributed by atoms with Gasteiger partial charge in [0.15, 0.2) is 5.54 Å². The van der Waals surface area contributed by atoms with Crippen LogP contribution in [0.2, 0.25) is 0 Å². The van der Waals surface area contributed by atoms with Crippen LogP contribution in [-0.4, -0.2) is 34.8 Å². The molecule has 3 aromatic rings. The molecule has 5 nitrogen and oxygen atoms in total. The van der Waals surface area contributed by atoms with E-state index in [1.165, 1.54) is 6.92 Å². The molecule has 6 heteroatoms. The molecule has 29 heavy (non-hydrogen) atoms. The van der Waals surface area contributed by atoms with Crippen LogP contribution in [0.15, 0.2) is 46.9 Å². The number of aromatic nitrogens is 1. The number of rotatable bonds is 1. The SMILES string of the molecule is C#CCN1C(=O)C2(c3cc(Br)ccc31)c1[nH]c3ccccc3c1CCN2C(C)=O. The Labute approximate surface area is 176 Å². The maximum atomic E-state index is 14.0. The number of amides is 2. The maximum absolute atomic E-state index is 14.0. The zero-order valence-corrected chi connectivity index (χ0v) is 17.4. The highest BCUT2D eigenvalue weighted by Crippen LogP contribution is 2.52. The molecule has 1 unspecified atom stereocenters. The molecule has 144 valence electrons. The van der Waals surface area contributed by atoms with E-state index < -0.39 is 5.54 Å². The Balaban J connectivity index is 1.91. The summed E-state index contributed by atoms with van der Waals surface area (Å²) in [5.41, 5.74) is 3.09. The van der Waals surface area contributed by atoms with Gasteiger partial charge in [-0.25, -0.2) is 0 Å². The van der Waals surface area contributed by atoms with Crippen molar-refractivity contribution in [3.05, 3.63) is 63.8 Å². The average molecular weight is 448 g/mol. The van der Waals surface area contributed by atoms with Crippen LogP contribution in [0, 0.1) is 12.3 Å². The van der Waals surface area contributed by atoms with Crippen molar-refractivity contribution in [1.29, 1.82) is 0 Å². The molecule has 3 heterocycles. The second-order valence-corrected chi connectivity index (χ2v) is 8.33. The third-order valence-electron chi connectivity index (χ3n) is 5.99. The van der Waals surface area contributed by atoms with Crippen molar-refractivity contribution in [3.8, 4) is 12.3 Å². The summed E-state index contributed by atoms with van der Waals surface area (Å²) in [4.78, 5) is 33.6. The number of aromatic amines is 1. The Hall–Kier alpha value is -3.04. The number of benzene rings is 2. The number of carbonyl (C=O) groups is 2. The molecule has 0 radical (unpaired) electrons. The molecule has 2 amide bonds. The van der Waals surface area contributed by atoms with E-state index in [0.29, 0.717) is 13.0 Å². The van der Waals surface area contributed by atoms with Crippen LogP contribution in [0.5, 0.6) is 0 Å². The van der Waals surface area contributed by atoms with Crippen LogP contribution >= 0.6 is 15.9 Å². The zero-order valence-electron chi connectivity index (χ0n) is 15.8. The number of fused-ring (bicyclic) bond motifs is 6. The van der Waals surface area contributed by atoms with E-state index in [-0.39, 0.29) is 18.4 Å². The highest BCUT2D eigenvalue weighted by Gasteiger charge is 2.60. The summed E-state index contributed by atoms with van der Waals surface area (Å²) in [7, 11) is 0. The van der Waals surface area contributed by atoms with Crippen molar-refractivity contribution in [2.24, 2.45) is 0 Å². The first-order chi connectivity index (χ1) is 14.0. The summed E-state index contributed by atoms with van der Waals surface area (Å²) >= 11 is 3.54. The van der Waals surface area contributed by atoms with Crippen molar-refractivity contribution < 1.29 is 9.59 Å². The number of nitrogens with zero attached hydrogens (tertiary/aromatic N) is 2. The molecular formula is C23H18BrN3O2. The molecule has 2 aromatic carbocycles. The quantitative estimate of drug-likeness (QED) is 0.579. The first-order valence-corrected chi connectivity index (χ1v) is 10.2. The summed E-state index contributed by atoms with van der Waals surface area (Å²) < 4.78 is 0.845. The van der Waals surface area contributed by atoms with Gasteiger partial charge in [0.2, 0.25) is 5.91 Å². The normalized spacial score (nSPS) is 20.1. The maximum Gasteiger partial charge on any atom is 0.264 e. The average Bonchev–Trinajstić information content (AvgIpc) is 3.19. The van der Waals surface area contributed by atoms with E-state index >= 15 is 0 Å². The number of para-hydroxylation sites is 1. The van der Waals surface area contributed by atoms with Crippen LogP contribution < -0.4 is 4.90 Å². The molecule has 2 aliphatic heterocycles. The van der Waals surface area contributed by atoms with Crippen LogP contribution in [0.4, 0.5) is 5.69 Å². The number of hydrogen-bond acceptors (Lipinski definition) is 2. The molecule has 0 aliphatic carbocycles. The minimum absolute atomic E-state index is 0.142. The zero-order chi connectivity index (χ0) is 20.3. The largest absolute Gasteiger partial charge is 0.355 e. The first kappa shape index (κ1) is 18.0. The van der Waals surface area contributed by atoms with Crippen LogP contribution in [0.3, 0.4) is 0 Å². The predicted molar refractivity (Wildman–Crippen MR) is 115 cm³/mol. The number of hydrogen-bond donors (Lipinski definition) is 1. The lowest BCUT2D eigenvalue weighted by molar-refractivity contribution is -0.143. The summed E-state index contributed by atoms with van der Waals surface area (Å²) in [5, 5.41) is 1.09. The van der Waals surface area contributed by atoms with Gasteiger partial charge in [0, 0.05) is 34.4 Å². The number of H-pyrrole nitrogens is 1. The van der Waals surface area contributed by atoms with Crippen molar-refractivity contribution in [3.63, 3.8) is 0 Å². The Bertz CT molecular complexity index is 1240. The minimum atomic E-state index is -1.24. The van der Waals surface area contributed by atoms with E-state index in [2.05, 4.69) is 32.9 Å². The second kappa shape index (κ2) is 6.23. The third kappa shape index (κ3) is 2.22. The van der Waals surface area contributed by atoms with E-state index in [1.54, 1.807) is 9.80 Å². The molecule has 1 N–H and O–H groups in total. The standard InChI is InChI=1S/C23H18BrN3O2/c1-3-11-26-20-9-8-15(24)13-18(20)23(22(26)29)21-17(10-12-27(23)14(2)28)16-6-4-5-7-19(16)25-21/h1,4-9,13,25H,10-12H2,2H3. The van der Waals surface area contributed by atoms with Gasteiger partial charge in [-0.3, -0.25) is 14.5 Å². The summed E-state index contributed by atoms with van der Waals surface area (Å²) in [6, 6.07) is 13.7. The number of nitrogens with one attached hydrogen (secondary N) is 1. The molecule has 0 fully saturated rings. The van der Waals surface area contributed by atoms with Gasteiger partial charge in [-0.15, -0.1) is 6.42 Å². The Morgan fingerprint density at radius 1 is 1.31 bits per heavy atom. The Kier molecular flexibility index (Phi) is 3.87. The first-order valence-electron chi connectivity index (χ1n) is 9.44. The molecule has 0 saturated carbocycles. The molecule has 1 atom stereocenters. The van der Waals surface area contributed by atoms with Gasteiger partial charge in [0.05, 0.1) is 17.9 Å². The summed E-state index contributed by atoms with van der Waals surface area (Å²) in [6.07, 6.45) is 6.27. The van der Waals surface area contributed by atoms with E-state index in [9.17, 15) is 9.59 Å². The van der Waals surface area contributed by atoms with Gasteiger partial charge < -0.3 is 9.88 Å². The smallest absolute Gasteiger partial charge is 0.264 e. The number of terminal acetylenes is 1. The van der Waals surface area contributed by atoms with Crippen molar-refractivity contribution in [1.82, 2.24) is 9.88 Å². The fraction of sp³-hybridized carbons (Fsp3) is 0.217. The number of anilines is 1. The van der Waals surface area contributed by atoms with E-state index in [0.717, 1.165) is 37.9 Å². The molecule has 1 aromatic heterocycles. The molecule has 0 bridgehead atoms. The highest BCUT2D eigenvalue weighted by atomic mass is 79.9. The molecular weight excluding hydrogens is 430 g/mol. The Morgan fingerprint density at radius 3 is 2.86 bits per heavy atom. The van der Waals surface area contributed by atoms with Crippen LogP contribution in [0.1, 0.15) is 23.7 Å². The van der Waals surface area contributed by atoms with Gasteiger partial charge in [0.25, 0.3) is 5.91 Å². The predicted octanol–water partition coefficient (Wildman–Crippen LogP) is 3.56. The number of halogens is 1. The summed E-state index contributed by atoms with van der Waals surface area (Å²) in [6.45, 7) is 2.13. The van der Waals surface area contributed by atoms with Crippen molar-refractivity contribution in [2.75, 3.05) is 18.0 Å². The Morgan fingerprint density at radius 2 is 2.10 bits per heavy atom. The lowest BCUT2D eigenvalue weighted by Crippen LogP contribution is -2.58. The van der Waals surface area contributed by atoms with Gasteiger partial charge in [-0.1, -0.05) is 40.0 Å². The van der Waals surface area contributed by atoms with Crippen molar-refractivity contribution >= 4 is 44.3 Å². The molecule has 1 spiro atoms. The van der Waals surface area contributed by atoms with Crippen molar-refractivity contribution in [2.45, 2.75) is 18.9 Å². The lowest BCUT2D eigenvalue weighted by Gasteiger charge is -2.43. The van der Waals surface area contributed by atoms with E-state index in [4.69, 9.17) is 6.42 Å². The third-order valence-corrected chi connectivity index (χ3v) is 6.48. The monoisotopic (exact) mass is 447 g/mol. The van der Waals surface area contributed by atoms with Crippen LogP contribution in [-0.2, 0) is 21.5 Å². The van der Waals surface area contributed by atoms with Gasteiger partial charge in [-0.2, -0.15) is 0 Å². The molecule has 5 rings (SSSR count). The van der Waals surface area contributed by atoms with Gasteiger partial charge >= 0.3 is 0 Å². The van der Waals surface area contributed by atoms with Gasteiger partial charge in [-0.05, 0) is 36.2 Å². The summed E-state index contributed by atoms with van der Waals surface area (Å²) in [5.74, 6) is 2.26. The topological polar surface area (TPSA) is 56.4 Å². The molecule has 2 aliphatic rings. The molecule has 0 saturated heterocycles. The number of carbonyl (C=O) groups excluding carboxylic acids is 2. The van der Waals surface area contributed by atoms with Crippen LogP contribution in [0.25, 0.3) is 10.9 Å². The van der Waals surface area contributed by atoms with E-state index in [1.807, 2.05) is 36.4 Å². The van der Waals surface area contributed by atoms with Gasteiger partial charge in [0.1, 0.15) is 0 Å². The second-order valence-electron chi connectivity index (χ2n) is 7.41. The fourth-order valence-corrected chi connectivity index (χ4v) is 5.25.